The molecule has 154 valence electrons. The van der Waals surface area contributed by atoms with E-state index in [-0.39, 0.29) is 18.6 Å². The summed E-state index contributed by atoms with van der Waals surface area (Å²) in [5.74, 6) is -1.14. The molecule has 5 nitrogen and oxygen atoms in total. The molecule has 0 radical (unpaired) electrons. The molecule has 6 heteroatoms. The zero-order valence-electron chi connectivity index (χ0n) is 16.9. The van der Waals surface area contributed by atoms with Crippen LogP contribution in [0.15, 0.2) is 66.0 Å². The third-order valence-electron chi connectivity index (χ3n) is 4.59. The maximum Gasteiger partial charge on any atom is 0.307 e. The second kappa shape index (κ2) is 9.98. The van der Waals surface area contributed by atoms with Gasteiger partial charge in [-0.3, -0.25) is 14.4 Å². The van der Waals surface area contributed by atoms with Gasteiger partial charge >= 0.3 is 5.97 Å². The number of esters is 1. The molecule has 0 saturated heterocycles. The predicted octanol–water partition coefficient (Wildman–Crippen LogP) is 5.25. The standard InChI is InChI=1S/C24H23NO4S/c1-16-10-11-17(2)19(15-16)25-24(28)23(18-7-4-3-5-8-18)29-22(27)13-12-20(26)21-9-6-14-30-21/h3-11,14-15,23H,12-13H2,1-2H3,(H,25,28)/t23-/m1/s1. The van der Waals surface area contributed by atoms with E-state index in [2.05, 4.69) is 5.32 Å². The number of rotatable bonds is 8. The molecule has 0 aliphatic rings. The number of ether oxygens (including phenoxy) is 1. The number of amides is 1. The Kier molecular flexibility index (Phi) is 7.14. The molecule has 0 saturated carbocycles. The normalized spacial score (nSPS) is 11.5. The number of thiophene rings is 1. The average molecular weight is 422 g/mol. The second-order valence-corrected chi connectivity index (χ2v) is 7.94. The minimum atomic E-state index is -1.10. The van der Waals surface area contributed by atoms with Gasteiger partial charge in [0.1, 0.15) is 0 Å². The zero-order chi connectivity index (χ0) is 21.5. The quantitative estimate of drug-likeness (QED) is 0.398. The average Bonchev–Trinajstić information content (AvgIpc) is 3.28. The van der Waals surface area contributed by atoms with Crippen molar-refractivity contribution in [2.75, 3.05) is 5.32 Å². The first kappa shape index (κ1) is 21.5. The first-order valence-electron chi connectivity index (χ1n) is 9.63. The highest BCUT2D eigenvalue weighted by atomic mass is 32.1. The van der Waals surface area contributed by atoms with Crippen LogP contribution in [0.1, 0.15) is 45.3 Å². The van der Waals surface area contributed by atoms with Crippen molar-refractivity contribution >= 4 is 34.7 Å². The van der Waals surface area contributed by atoms with Crippen molar-refractivity contribution < 1.29 is 19.1 Å². The van der Waals surface area contributed by atoms with Crippen LogP contribution in [0.2, 0.25) is 0 Å². The number of carbonyl (C=O) groups excluding carboxylic acids is 3. The Balaban J connectivity index is 1.71. The van der Waals surface area contributed by atoms with Crippen molar-refractivity contribution in [1.29, 1.82) is 0 Å². The van der Waals surface area contributed by atoms with Crippen LogP contribution in [0.25, 0.3) is 0 Å². The molecule has 0 aliphatic carbocycles. The van der Waals surface area contributed by atoms with Crippen LogP contribution >= 0.6 is 11.3 Å². The third kappa shape index (κ3) is 5.64. The van der Waals surface area contributed by atoms with Crippen LogP contribution in [0, 0.1) is 13.8 Å². The summed E-state index contributed by atoms with van der Waals surface area (Å²) in [7, 11) is 0. The first-order chi connectivity index (χ1) is 14.4. The molecule has 2 aromatic carbocycles. The Hall–Kier alpha value is -3.25. The summed E-state index contributed by atoms with van der Waals surface area (Å²) in [4.78, 5) is 38.2. The predicted molar refractivity (Wildman–Crippen MR) is 118 cm³/mol. The number of benzene rings is 2. The summed E-state index contributed by atoms with van der Waals surface area (Å²) in [5.41, 5.74) is 3.16. The van der Waals surface area contributed by atoms with Crippen molar-refractivity contribution in [2.24, 2.45) is 0 Å². The molecule has 30 heavy (non-hydrogen) atoms. The number of hydrogen-bond acceptors (Lipinski definition) is 5. The third-order valence-corrected chi connectivity index (χ3v) is 5.50. The number of anilines is 1. The van der Waals surface area contributed by atoms with Crippen molar-refractivity contribution in [3.63, 3.8) is 0 Å². The van der Waals surface area contributed by atoms with E-state index in [0.29, 0.717) is 16.1 Å². The van der Waals surface area contributed by atoms with E-state index in [1.165, 1.54) is 11.3 Å². The van der Waals surface area contributed by atoms with Gasteiger partial charge in [-0.1, -0.05) is 48.5 Å². The largest absolute Gasteiger partial charge is 0.447 e. The maximum absolute atomic E-state index is 13.0. The molecular formula is C24H23NO4S. The molecule has 0 bridgehead atoms. The van der Waals surface area contributed by atoms with E-state index < -0.39 is 18.0 Å². The molecular weight excluding hydrogens is 398 g/mol. The monoisotopic (exact) mass is 421 g/mol. The molecule has 3 aromatic rings. The fourth-order valence-corrected chi connectivity index (χ4v) is 3.63. The van der Waals surface area contributed by atoms with Crippen molar-refractivity contribution in [3.05, 3.63) is 87.6 Å². The molecule has 0 unspecified atom stereocenters. The Morgan fingerprint density at radius 3 is 2.43 bits per heavy atom. The summed E-state index contributed by atoms with van der Waals surface area (Å²) in [6.45, 7) is 3.84. The number of aryl methyl sites for hydroxylation is 2. The maximum atomic E-state index is 13.0. The van der Waals surface area contributed by atoms with Gasteiger partial charge in [0.05, 0.1) is 11.3 Å². The molecule has 0 fully saturated rings. The van der Waals surface area contributed by atoms with Crippen molar-refractivity contribution in [3.8, 4) is 0 Å². The lowest BCUT2D eigenvalue weighted by molar-refractivity contribution is -0.154. The zero-order valence-corrected chi connectivity index (χ0v) is 17.7. The van der Waals surface area contributed by atoms with Crippen LogP contribution in [0.5, 0.6) is 0 Å². The highest BCUT2D eigenvalue weighted by Crippen LogP contribution is 2.23. The van der Waals surface area contributed by atoms with Gasteiger partial charge < -0.3 is 10.1 Å². The first-order valence-corrected chi connectivity index (χ1v) is 10.5. The summed E-state index contributed by atoms with van der Waals surface area (Å²) < 4.78 is 5.51. The van der Waals surface area contributed by atoms with Crippen LogP contribution in [0.4, 0.5) is 5.69 Å². The van der Waals surface area contributed by atoms with Crippen LogP contribution < -0.4 is 5.32 Å². The lowest BCUT2D eigenvalue weighted by Crippen LogP contribution is -2.26. The summed E-state index contributed by atoms with van der Waals surface area (Å²) >= 11 is 1.34. The van der Waals surface area contributed by atoms with Crippen LogP contribution in [0.3, 0.4) is 0 Å². The van der Waals surface area contributed by atoms with E-state index in [9.17, 15) is 14.4 Å². The Morgan fingerprint density at radius 2 is 1.73 bits per heavy atom. The number of ketones is 1. The van der Waals surface area contributed by atoms with Crippen LogP contribution in [-0.4, -0.2) is 17.7 Å². The Morgan fingerprint density at radius 1 is 0.967 bits per heavy atom. The van der Waals surface area contributed by atoms with E-state index >= 15 is 0 Å². The summed E-state index contributed by atoms with van der Waals surface area (Å²) in [5, 5.41) is 4.67. The van der Waals surface area contributed by atoms with Gasteiger partial charge in [-0.2, -0.15) is 0 Å². The smallest absolute Gasteiger partial charge is 0.307 e. The van der Waals surface area contributed by atoms with Crippen molar-refractivity contribution in [1.82, 2.24) is 0 Å². The fourth-order valence-electron chi connectivity index (χ4n) is 2.94. The number of nitrogens with one attached hydrogen (secondary N) is 1. The molecule has 1 atom stereocenters. The Labute approximate surface area is 179 Å². The minimum absolute atomic E-state index is 0.0411. The van der Waals surface area contributed by atoms with Gasteiger partial charge in [0.25, 0.3) is 5.91 Å². The van der Waals surface area contributed by atoms with Crippen LogP contribution in [-0.2, 0) is 14.3 Å². The number of carbonyl (C=O) groups is 3. The minimum Gasteiger partial charge on any atom is -0.447 e. The summed E-state index contributed by atoms with van der Waals surface area (Å²) in [6.07, 6.45) is -1.15. The highest BCUT2D eigenvalue weighted by Gasteiger charge is 2.26. The molecule has 1 aromatic heterocycles. The van der Waals surface area contributed by atoms with E-state index in [0.717, 1.165) is 11.1 Å². The molecule has 1 amide bonds. The number of hydrogen-bond donors (Lipinski definition) is 1. The highest BCUT2D eigenvalue weighted by molar-refractivity contribution is 7.12. The topological polar surface area (TPSA) is 72.5 Å². The van der Waals surface area contributed by atoms with E-state index in [1.807, 2.05) is 43.5 Å². The van der Waals surface area contributed by atoms with Gasteiger partial charge in [0, 0.05) is 17.7 Å². The lowest BCUT2D eigenvalue weighted by Gasteiger charge is -2.19. The molecule has 1 heterocycles. The molecule has 1 N–H and O–H groups in total. The number of Topliss-reactive ketones (excluding diaryl/α,β-unsaturated/α-hetero) is 1. The van der Waals surface area contributed by atoms with E-state index in [4.69, 9.17) is 4.74 Å². The second-order valence-electron chi connectivity index (χ2n) is 6.99. The van der Waals surface area contributed by atoms with E-state index in [1.54, 1.807) is 36.4 Å². The van der Waals surface area contributed by atoms with Gasteiger partial charge in [-0.15, -0.1) is 11.3 Å². The lowest BCUT2D eigenvalue weighted by atomic mass is 10.1. The SMILES string of the molecule is Cc1ccc(C)c(NC(=O)[C@H](OC(=O)CCC(=O)c2cccs2)c2ccccc2)c1. The van der Waals surface area contributed by atoms with Crippen molar-refractivity contribution in [2.45, 2.75) is 32.8 Å². The van der Waals surface area contributed by atoms with Gasteiger partial charge in [0.15, 0.2) is 5.78 Å². The van der Waals surface area contributed by atoms with Gasteiger partial charge in [0.2, 0.25) is 6.10 Å². The van der Waals surface area contributed by atoms with Gasteiger partial charge in [-0.05, 0) is 42.5 Å². The molecule has 0 aliphatic heterocycles. The fraction of sp³-hybridized carbons (Fsp3) is 0.208. The molecule has 0 spiro atoms. The molecule has 3 rings (SSSR count). The summed E-state index contributed by atoms with van der Waals surface area (Å²) in [6, 6.07) is 18.1. The van der Waals surface area contributed by atoms with Gasteiger partial charge in [-0.25, -0.2) is 0 Å². The Bertz CT molecular complexity index is 1030.